The molecule has 0 aliphatic rings. The average Bonchev–Trinajstić information content (AvgIpc) is 2.28. The van der Waals surface area contributed by atoms with Crippen LogP contribution >= 0.6 is 0 Å². The maximum Gasteiger partial charge on any atom is 0.338 e. The third kappa shape index (κ3) is 4.55. The predicted octanol–water partition coefficient (Wildman–Crippen LogP) is 1.84. The Morgan fingerprint density at radius 1 is 1.33 bits per heavy atom. The number of ether oxygens (including phenoxy) is 2. The van der Waals surface area contributed by atoms with Gasteiger partial charge in [0.2, 0.25) is 5.91 Å². The first-order chi connectivity index (χ1) is 8.52. The second-order valence-corrected chi connectivity index (χ2v) is 4.02. The molecule has 98 valence electrons. The van der Waals surface area contributed by atoms with Crippen molar-refractivity contribution in [2.45, 2.75) is 20.0 Å². The van der Waals surface area contributed by atoms with E-state index in [1.54, 1.807) is 38.1 Å². The molecule has 0 aliphatic heterocycles. The van der Waals surface area contributed by atoms with E-state index in [4.69, 9.17) is 9.47 Å². The molecular weight excluding hydrogens is 234 g/mol. The number of rotatable bonds is 5. The molecule has 1 N–H and O–H groups in total. The van der Waals surface area contributed by atoms with Gasteiger partial charge < -0.3 is 14.8 Å². The number of amides is 1. The van der Waals surface area contributed by atoms with Crippen LogP contribution < -0.4 is 5.32 Å². The molecule has 0 saturated heterocycles. The maximum atomic E-state index is 11.7. The molecule has 0 atom stereocenters. The molecule has 1 aromatic carbocycles. The zero-order valence-corrected chi connectivity index (χ0v) is 10.7. The van der Waals surface area contributed by atoms with Gasteiger partial charge in [-0.2, -0.15) is 0 Å². The molecule has 0 aromatic heterocycles. The van der Waals surface area contributed by atoms with Crippen LogP contribution in [0.25, 0.3) is 0 Å². The Morgan fingerprint density at radius 2 is 2.06 bits per heavy atom. The van der Waals surface area contributed by atoms with Gasteiger partial charge in [-0.3, -0.25) is 4.79 Å². The minimum absolute atomic E-state index is 0.0271. The number of esters is 1. The lowest BCUT2D eigenvalue weighted by Crippen LogP contribution is -2.17. The van der Waals surface area contributed by atoms with Crippen LogP contribution in [0, 0.1) is 0 Å². The quantitative estimate of drug-likeness (QED) is 0.811. The van der Waals surface area contributed by atoms with Crippen molar-refractivity contribution < 1.29 is 19.1 Å². The van der Waals surface area contributed by atoms with Crippen LogP contribution in [0.5, 0.6) is 0 Å². The van der Waals surface area contributed by atoms with E-state index in [1.807, 2.05) is 0 Å². The fourth-order valence-corrected chi connectivity index (χ4v) is 1.33. The van der Waals surface area contributed by atoms with Gasteiger partial charge in [0.25, 0.3) is 0 Å². The van der Waals surface area contributed by atoms with Crippen molar-refractivity contribution in [3.8, 4) is 0 Å². The lowest BCUT2D eigenvalue weighted by molar-refractivity contribution is -0.119. The molecule has 0 aliphatic carbocycles. The van der Waals surface area contributed by atoms with Crippen LogP contribution in [0.2, 0.25) is 0 Å². The summed E-state index contributed by atoms with van der Waals surface area (Å²) in [6.45, 7) is 3.53. The smallest absolute Gasteiger partial charge is 0.338 e. The average molecular weight is 251 g/mol. The van der Waals surface area contributed by atoms with Crippen LogP contribution in [0.1, 0.15) is 24.2 Å². The number of anilines is 1. The molecule has 0 spiro atoms. The Balaban J connectivity index is 2.73. The molecule has 1 rings (SSSR count). The number of carbonyl (C=O) groups excluding carboxylic acids is 2. The summed E-state index contributed by atoms with van der Waals surface area (Å²) in [5, 5.41) is 2.62. The predicted molar refractivity (Wildman–Crippen MR) is 67.5 cm³/mol. The van der Waals surface area contributed by atoms with Crippen molar-refractivity contribution >= 4 is 17.6 Å². The van der Waals surface area contributed by atoms with Gasteiger partial charge in [0, 0.05) is 12.8 Å². The Bertz CT molecular complexity index is 429. The third-order valence-corrected chi connectivity index (χ3v) is 2.00. The van der Waals surface area contributed by atoms with E-state index in [9.17, 15) is 9.59 Å². The summed E-state index contributed by atoms with van der Waals surface area (Å²) in [5.74, 6) is -0.681. The van der Waals surface area contributed by atoms with E-state index in [2.05, 4.69) is 5.32 Å². The Labute approximate surface area is 106 Å². The second-order valence-electron chi connectivity index (χ2n) is 4.02. The van der Waals surface area contributed by atoms with Crippen LogP contribution in [-0.2, 0) is 14.3 Å². The van der Waals surface area contributed by atoms with Gasteiger partial charge in [-0.15, -0.1) is 0 Å². The number of methoxy groups -OCH3 is 1. The van der Waals surface area contributed by atoms with Gasteiger partial charge in [-0.1, -0.05) is 6.07 Å². The Hall–Kier alpha value is -1.88. The van der Waals surface area contributed by atoms with Crippen LogP contribution in [-0.4, -0.2) is 31.7 Å². The largest absolute Gasteiger partial charge is 0.459 e. The molecule has 18 heavy (non-hydrogen) atoms. The molecule has 0 bridgehead atoms. The first-order valence-electron chi connectivity index (χ1n) is 5.62. The van der Waals surface area contributed by atoms with Gasteiger partial charge >= 0.3 is 5.97 Å². The SMILES string of the molecule is COCC(=O)Nc1cccc(C(=O)OC(C)C)c1. The highest BCUT2D eigenvalue weighted by Gasteiger charge is 2.10. The first-order valence-corrected chi connectivity index (χ1v) is 5.62. The highest BCUT2D eigenvalue weighted by molar-refractivity contribution is 5.95. The van der Waals surface area contributed by atoms with Gasteiger partial charge in [-0.25, -0.2) is 4.79 Å². The molecule has 0 radical (unpaired) electrons. The van der Waals surface area contributed by atoms with Crippen LogP contribution in [0.3, 0.4) is 0 Å². The number of hydrogen-bond acceptors (Lipinski definition) is 4. The van der Waals surface area contributed by atoms with Gasteiger partial charge in [0.05, 0.1) is 11.7 Å². The molecule has 5 heteroatoms. The van der Waals surface area contributed by atoms with Crippen molar-refractivity contribution in [2.24, 2.45) is 0 Å². The molecule has 5 nitrogen and oxygen atoms in total. The zero-order chi connectivity index (χ0) is 13.5. The number of nitrogens with one attached hydrogen (secondary N) is 1. The van der Waals surface area contributed by atoms with Gasteiger partial charge in [0.15, 0.2) is 0 Å². The number of carbonyl (C=O) groups is 2. The monoisotopic (exact) mass is 251 g/mol. The summed E-state index contributed by atoms with van der Waals surface area (Å²) in [7, 11) is 1.44. The van der Waals surface area contributed by atoms with E-state index < -0.39 is 5.97 Å². The van der Waals surface area contributed by atoms with Crippen molar-refractivity contribution in [2.75, 3.05) is 19.0 Å². The summed E-state index contributed by atoms with van der Waals surface area (Å²) in [5.41, 5.74) is 0.939. The van der Waals surface area contributed by atoms with Crippen molar-refractivity contribution in [3.05, 3.63) is 29.8 Å². The third-order valence-electron chi connectivity index (χ3n) is 2.00. The Kier molecular flexibility index (Phi) is 5.32. The van der Waals surface area contributed by atoms with E-state index in [0.29, 0.717) is 11.3 Å². The minimum atomic E-state index is -0.409. The van der Waals surface area contributed by atoms with Gasteiger partial charge in [-0.05, 0) is 32.0 Å². The molecule has 0 heterocycles. The van der Waals surface area contributed by atoms with E-state index >= 15 is 0 Å². The highest BCUT2D eigenvalue weighted by atomic mass is 16.5. The summed E-state index contributed by atoms with van der Waals surface area (Å²) < 4.78 is 9.77. The fourth-order valence-electron chi connectivity index (χ4n) is 1.33. The van der Waals surface area contributed by atoms with E-state index in [0.717, 1.165) is 0 Å². The molecule has 1 amide bonds. The standard InChI is InChI=1S/C13H17NO4/c1-9(2)18-13(16)10-5-4-6-11(7-10)14-12(15)8-17-3/h4-7,9H,8H2,1-3H3,(H,14,15). The molecule has 0 fully saturated rings. The summed E-state index contributed by atoms with van der Waals surface area (Å²) in [6.07, 6.45) is -0.177. The van der Waals surface area contributed by atoms with Crippen molar-refractivity contribution in [1.82, 2.24) is 0 Å². The molecular formula is C13H17NO4. The lowest BCUT2D eigenvalue weighted by Gasteiger charge is -2.09. The number of hydrogen-bond donors (Lipinski definition) is 1. The van der Waals surface area contributed by atoms with E-state index in [1.165, 1.54) is 7.11 Å². The minimum Gasteiger partial charge on any atom is -0.459 e. The van der Waals surface area contributed by atoms with Gasteiger partial charge in [0.1, 0.15) is 6.61 Å². The first kappa shape index (κ1) is 14.2. The van der Waals surface area contributed by atoms with E-state index in [-0.39, 0.29) is 18.6 Å². The van der Waals surface area contributed by atoms with Crippen molar-refractivity contribution in [3.63, 3.8) is 0 Å². The lowest BCUT2D eigenvalue weighted by atomic mass is 10.2. The Morgan fingerprint density at radius 3 is 2.67 bits per heavy atom. The molecule has 0 unspecified atom stereocenters. The topological polar surface area (TPSA) is 64.6 Å². The van der Waals surface area contributed by atoms with Crippen LogP contribution in [0.4, 0.5) is 5.69 Å². The summed E-state index contributed by atoms with van der Waals surface area (Å²) in [6, 6.07) is 6.58. The summed E-state index contributed by atoms with van der Waals surface area (Å²) in [4.78, 5) is 23.0. The van der Waals surface area contributed by atoms with Crippen molar-refractivity contribution in [1.29, 1.82) is 0 Å². The highest BCUT2D eigenvalue weighted by Crippen LogP contribution is 2.12. The zero-order valence-electron chi connectivity index (χ0n) is 10.7. The summed E-state index contributed by atoms with van der Waals surface area (Å²) >= 11 is 0. The molecule has 1 aromatic rings. The maximum absolute atomic E-state index is 11.7. The fraction of sp³-hybridized carbons (Fsp3) is 0.385. The van der Waals surface area contributed by atoms with Crippen LogP contribution in [0.15, 0.2) is 24.3 Å². The molecule has 0 saturated carbocycles. The normalized spacial score (nSPS) is 10.2. The number of benzene rings is 1. The second kappa shape index (κ2) is 6.76.